The highest BCUT2D eigenvalue weighted by atomic mass is 19.4. The lowest BCUT2D eigenvalue weighted by Crippen LogP contribution is -2.47. The van der Waals surface area contributed by atoms with Crippen LogP contribution >= 0.6 is 0 Å². The van der Waals surface area contributed by atoms with E-state index in [9.17, 15) is 26.3 Å². The third-order valence-electron chi connectivity index (χ3n) is 3.44. The smallest absolute Gasteiger partial charge is 0.296 e. The van der Waals surface area contributed by atoms with Crippen molar-refractivity contribution in [3.63, 3.8) is 0 Å². The fraction of sp³-hybridized carbons (Fsp3) is 0.214. The zero-order valence-electron chi connectivity index (χ0n) is 11.8. The van der Waals surface area contributed by atoms with Gasteiger partial charge >= 0.3 is 12.4 Å². The van der Waals surface area contributed by atoms with Crippen LogP contribution in [-0.4, -0.2) is 23.3 Å². The molecule has 2 heterocycles. The number of allylic oxidation sites excluding steroid dienone is 3. The number of rotatable bonds is 1. The SMILES string of the molecule is NC1N=C2C(c3ccccc3C(F)(F)F)=CC=C(C(F)(F)F)N2N1. The van der Waals surface area contributed by atoms with E-state index in [0.29, 0.717) is 11.1 Å². The summed E-state index contributed by atoms with van der Waals surface area (Å²) in [5.74, 6) is -0.311. The summed E-state index contributed by atoms with van der Waals surface area (Å²) in [5, 5.41) is 0.563. The van der Waals surface area contributed by atoms with Gasteiger partial charge < -0.3 is 0 Å². The maximum absolute atomic E-state index is 13.2. The molecule has 0 fully saturated rings. The molecule has 2 aliphatic heterocycles. The predicted octanol–water partition coefficient (Wildman–Crippen LogP) is 3.01. The number of alkyl halides is 6. The molecule has 1 unspecified atom stereocenters. The molecule has 128 valence electrons. The summed E-state index contributed by atoms with van der Waals surface area (Å²) in [7, 11) is 0. The Bertz CT molecular complexity index is 759. The molecule has 2 aliphatic rings. The third-order valence-corrected chi connectivity index (χ3v) is 3.44. The van der Waals surface area contributed by atoms with Crippen molar-refractivity contribution < 1.29 is 26.3 Å². The molecular weight excluding hydrogens is 338 g/mol. The number of benzene rings is 1. The van der Waals surface area contributed by atoms with Crippen molar-refractivity contribution in [2.75, 3.05) is 0 Å². The standard InChI is InChI=1S/C14H10F6N4/c15-13(16,17)9-4-2-1-3-7(9)8-5-6-10(14(18,19)20)24-11(8)22-12(21)23-24/h1-6,12,23H,21H2. The van der Waals surface area contributed by atoms with Gasteiger partial charge in [-0.3, -0.25) is 10.7 Å². The van der Waals surface area contributed by atoms with Gasteiger partial charge in [-0.1, -0.05) is 18.2 Å². The minimum Gasteiger partial charge on any atom is -0.296 e. The first-order valence-corrected chi connectivity index (χ1v) is 6.65. The molecule has 24 heavy (non-hydrogen) atoms. The number of hydrogen-bond donors (Lipinski definition) is 2. The first-order chi connectivity index (χ1) is 11.1. The van der Waals surface area contributed by atoms with Crippen LogP contribution in [0, 0.1) is 0 Å². The highest BCUT2D eigenvalue weighted by Crippen LogP contribution is 2.39. The zero-order chi connectivity index (χ0) is 17.7. The predicted molar refractivity (Wildman–Crippen MR) is 73.9 cm³/mol. The quantitative estimate of drug-likeness (QED) is 0.767. The maximum Gasteiger partial charge on any atom is 0.432 e. The Morgan fingerprint density at radius 2 is 1.67 bits per heavy atom. The number of halogens is 6. The largest absolute Gasteiger partial charge is 0.432 e. The molecule has 4 nitrogen and oxygen atoms in total. The molecule has 1 aromatic carbocycles. The van der Waals surface area contributed by atoms with Gasteiger partial charge in [-0.2, -0.15) is 31.8 Å². The second-order valence-electron chi connectivity index (χ2n) is 5.04. The van der Waals surface area contributed by atoms with Crippen molar-refractivity contribution in [2.24, 2.45) is 10.7 Å². The summed E-state index contributed by atoms with van der Waals surface area (Å²) in [6.45, 7) is 0. The Labute approximate surface area is 131 Å². The summed E-state index contributed by atoms with van der Waals surface area (Å²) in [6.07, 6.45) is -8.92. The lowest BCUT2D eigenvalue weighted by molar-refractivity contribution is -0.137. The third kappa shape index (κ3) is 2.78. The van der Waals surface area contributed by atoms with Gasteiger partial charge in [-0.05, 0) is 23.8 Å². The fourth-order valence-electron chi connectivity index (χ4n) is 2.49. The molecule has 0 aliphatic carbocycles. The summed E-state index contributed by atoms with van der Waals surface area (Å²) in [5.41, 5.74) is 5.29. The summed E-state index contributed by atoms with van der Waals surface area (Å²) >= 11 is 0. The molecule has 3 rings (SSSR count). The molecule has 3 N–H and O–H groups in total. The topological polar surface area (TPSA) is 53.6 Å². The number of hydrazine groups is 1. The molecule has 0 saturated carbocycles. The highest BCUT2D eigenvalue weighted by molar-refractivity contribution is 6.25. The number of nitrogens with one attached hydrogen (secondary N) is 1. The second-order valence-corrected chi connectivity index (χ2v) is 5.04. The molecular formula is C14H10F6N4. The van der Waals surface area contributed by atoms with Gasteiger partial charge in [-0.25, -0.2) is 4.99 Å². The van der Waals surface area contributed by atoms with Crippen LogP contribution in [0.15, 0.2) is 47.1 Å². The number of aliphatic imine (C=N–C) groups is 1. The molecule has 1 atom stereocenters. The van der Waals surface area contributed by atoms with Crippen LogP contribution < -0.4 is 11.2 Å². The van der Waals surface area contributed by atoms with E-state index in [1.54, 1.807) is 0 Å². The Kier molecular flexibility index (Phi) is 3.68. The molecule has 1 aromatic rings. The van der Waals surface area contributed by atoms with Crippen molar-refractivity contribution >= 4 is 11.4 Å². The second kappa shape index (κ2) is 5.35. The summed E-state index contributed by atoms with van der Waals surface area (Å²) in [6, 6.07) is 4.59. The summed E-state index contributed by atoms with van der Waals surface area (Å²) < 4.78 is 78.7. The van der Waals surface area contributed by atoms with Crippen molar-refractivity contribution in [2.45, 2.75) is 18.6 Å². The van der Waals surface area contributed by atoms with Gasteiger partial charge in [0.2, 0.25) is 0 Å². The van der Waals surface area contributed by atoms with Crippen LogP contribution in [0.4, 0.5) is 26.3 Å². The van der Waals surface area contributed by atoms with E-state index in [-0.39, 0.29) is 17.0 Å². The number of hydrogen-bond acceptors (Lipinski definition) is 4. The van der Waals surface area contributed by atoms with E-state index in [0.717, 1.165) is 12.1 Å². The molecule has 0 spiro atoms. The van der Waals surface area contributed by atoms with E-state index in [4.69, 9.17) is 5.73 Å². The van der Waals surface area contributed by atoms with Crippen molar-refractivity contribution in [3.8, 4) is 0 Å². The average molecular weight is 348 g/mol. The van der Waals surface area contributed by atoms with Gasteiger partial charge in [0.05, 0.1) is 5.56 Å². The maximum atomic E-state index is 13.2. The lowest BCUT2D eigenvalue weighted by Gasteiger charge is -2.29. The van der Waals surface area contributed by atoms with Crippen molar-refractivity contribution in [1.82, 2.24) is 10.4 Å². The molecule has 10 heteroatoms. The lowest BCUT2D eigenvalue weighted by atomic mass is 9.96. The summed E-state index contributed by atoms with van der Waals surface area (Å²) in [4.78, 5) is 3.79. The van der Waals surface area contributed by atoms with Crippen molar-refractivity contribution in [3.05, 3.63) is 53.2 Å². The first-order valence-electron chi connectivity index (χ1n) is 6.65. The van der Waals surface area contributed by atoms with E-state index in [2.05, 4.69) is 10.4 Å². The number of amidine groups is 1. The van der Waals surface area contributed by atoms with E-state index >= 15 is 0 Å². The minimum atomic E-state index is -4.72. The fourth-order valence-corrected chi connectivity index (χ4v) is 2.49. The molecule has 0 bridgehead atoms. The number of fused-ring (bicyclic) bond motifs is 1. The minimum absolute atomic E-state index is 0.101. The van der Waals surface area contributed by atoms with E-state index in [1.807, 2.05) is 0 Å². The Morgan fingerprint density at radius 3 is 2.29 bits per heavy atom. The van der Waals surface area contributed by atoms with E-state index in [1.165, 1.54) is 18.2 Å². The van der Waals surface area contributed by atoms with Gasteiger partial charge in [0.1, 0.15) is 5.70 Å². The molecule has 0 aromatic heterocycles. The van der Waals surface area contributed by atoms with Crippen LogP contribution in [0.3, 0.4) is 0 Å². The number of nitrogens with zero attached hydrogens (tertiary/aromatic N) is 2. The monoisotopic (exact) mass is 348 g/mol. The normalized spacial score (nSPS) is 21.2. The van der Waals surface area contributed by atoms with Gasteiger partial charge in [0.25, 0.3) is 0 Å². The number of nitrogens with two attached hydrogens (primary N) is 1. The van der Waals surface area contributed by atoms with Gasteiger partial charge in [-0.15, -0.1) is 0 Å². The Balaban J connectivity index is 2.17. The average Bonchev–Trinajstić information content (AvgIpc) is 2.85. The molecule has 0 amide bonds. The van der Waals surface area contributed by atoms with Gasteiger partial charge in [0.15, 0.2) is 12.1 Å². The molecule has 0 saturated heterocycles. The van der Waals surface area contributed by atoms with Crippen LogP contribution in [0.25, 0.3) is 5.57 Å². The first kappa shape index (κ1) is 16.5. The Morgan fingerprint density at radius 1 is 1.00 bits per heavy atom. The van der Waals surface area contributed by atoms with Crippen LogP contribution in [0.1, 0.15) is 11.1 Å². The zero-order valence-corrected chi connectivity index (χ0v) is 11.8. The van der Waals surface area contributed by atoms with Crippen LogP contribution in [0.2, 0.25) is 0 Å². The highest BCUT2D eigenvalue weighted by Gasteiger charge is 2.45. The van der Waals surface area contributed by atoms with Crippen molar-refractivity contribution in [1.29, 1.82) is 0 Å². The van der Waals surface area contributed by atoms with Crippen LogP contribution in [0.5, 0.6) is 0 Å². The van der Waals surface area contributed by atoms with Crippen LogP contribution in [-0.2, 0) is 6.18 Å². The molecule has 0 radical (unpaired) electrons. The Hall–Kier alpha value is -2.33. The van der Waals surface area contributed by atoms with E-state index < -0.39 is 29.9 Å². The van der Waals surface area contributed by atoms with Gasteiger partial charge in [0, 0.05) is 5.57 Å².